The third-order valence-electron chi connectivity index (χ3n) is 4.03. The molecule has 1 aliphatic heterocycles. The summed E-state index contributed by atoms with van der Waals surface area (Å²) in [6.07, 6.45) is 0.528. The number of halogens is 1. The molecule has 1 aromatic heterocycles. The monoisotopic (exact) mass is 365 g/mol. The van der Waals surface area contributed by atoms with Crippen molar-refractivity contribution in [2.75, 3.05) is 23.0 Å². The van der Waals surface area contributed by atoms with Crippen molar-refractivity contribution < 1.29 is 8.42 Å². The summed E-state index contributed by atoms with van der Waals surface area (Å²) in [4.78, 5) is 3.16. The Morgan fingerprint density at radius 2 is 2.17 bits per heavy atom. The SMILES string of the molecule is CCN(c1nn(-c2ccccc2Cl)nc1C#N)C1CCS(=O)(=O)C1. The molecule has 3 rings (SSSR count). The Hall–Kier alpha value is -2.11. The molecule has 1 saturated heterocycles. The molecular formula is C15H16ClN5O2S. The summed E-state index contributed by atoms with van der Waals surface area (Å²) >= 11 is 6.16. The van der Waals surface area contributed by atoms with E-state index in [1.807, 2.05) is 17.9 Å². The molecule has 0 N–H and O–H groups in total. The minimum atomic E-state index is -3.03. The highest BCUT2D eigenvalue weighted by Gasteiger charge is 2.34. The number of aromatic nitrogens is 3. The Morgan fingerprint density at radius 1 is 1.42 bits per heavy atom. The Kier molecular flexibility index (Phi) is 4.47. The number of para-hydroxylation sites is 1. The summed E-state index contributed by atoms with van der Waals surface area (Å²) in [7, 11) is -3.03. The Balaban J connectivity index is 2.01. The van der Waals surface area contributed by atoms with Gasteiger partial charge in [0, 0.05) is 12.6 Å². The van der Waals surface area contributed by atoms with Crippen molar-refractivity contribution in [3.05, 3.63) is 35.0 Å². The predicted molar refractivity (Wildman–Crippen MR) is 91.2 cm³/mol. The molecule has 2 aromatic rings. The van der Waals surface area contributed by atoms with Crippen LogP contribution in [0.1, 0.15) is 19.0 Å². The summed E-state index contributed by atoms with van der Waals surface area (Å²) in [6, 6.07) is 8.91. The van der Waals surface area contributed by atoms with E-state index < -0.39 is 9.84 Å². The molecular weight excluding hydrogens is 350 g/mol. The summed E-state index contributed by atoms with van der Waals surface area (Å²) in [5, 5.41) is 18.5. The lowest BCUT2D eigenvalue weighted by atomic mass is 10.2. The van der Waals surface area contributed by atoms with E-state index in [1.54, 1.807) is 24.3 Å². The van der Waals surface area contributed by atoms with E-state index in [0.717, 1.165) is 0 Å². The first-order valence-corrected chi connectivity index (χ1v) is 9.74. The molecule has 126 valence electrons. The van der Waals surface area contributed by atoms with Crippen molar-refractivity contribution in [2.45, 2.75) is 19.4 Å². The number of benzene rings is 1. The molecule has 24 heavy (non-hydrogen) atoms. The fourth-order valence-electron chi connectivity index (χ4n) is 2.89. The molecule has 0 saturated carbocycles. The van der Waals surface area contributed by atoms with E-state index >= 15 is 0 Å². The van der Waals surface area contributed by atoms with Crippen molar-refractivity contribution in [3.63, 3.8) is 0 Å². The van der Waals surface area contributed by atoms with Crippen LogP contribution in [0.3, 0.4) is 0 Å². The summed E-state index contributed by atoms with van der Waals surface area (Å²) in [5.74, 6) is 0.626. The average Bonchev–Trinajstić information content (AvgIpc) is 3.12. The second-order valence-electron chi connectivity index (χ2n) is 5.57. The van der Waals surface area contributed by atoms with Gasteiger partial charge in [0.2, 0.25) is 5.69 Å². The lowest BCUT2D eigenvalue weighted by Gasteiger charge is -2.26. The van der Waals surface area contributed by atoms with Crippen LogP contribution in [0.15, 0.2) is 24.3 Å². The zero-order valence-electron chi connectivity index (χ0n) is 13.1. The first-order chi connectivity index (χ1) is 11.4. The molecule has 0 radical (unpaired) electrons. The zero-order chi connectivity index (χ0) is 17.3. The van der Waals surface area contributed by atoms with Gasteiger partial charge in [0.05, 0.1) is 16.5 Å². The van der Waals surface area contributed by atoms with Crippen LogP contribution in [0.25, 0.3) is 5.69 Å². The first kappa shape index (κ1) is 16.7. The molecule has 0 bridgehead atoms. The number of hydrogen-bond acceptors (Lipinski definition) is 6. The van der Waals surface area contributed by atoms with Crippen molar-refractivity contribution >= 4 is 27.3 Å². The highest BCUT2D eigenvalue weighted by Crippen LogP contribution is 2.26. The maximum atomic E-state index is 11.8. The van der Waals surface area contributed by atoms with E-state index in [9.17, 15) is 13.7 Å². The fraction of sp³-hybridized carbons (Fsp3) is 0.400. The third-order valence-corrected chi connectivity index (χ3v) is 6.10. The Labute approximate surface area is 145 Å². The second-order valence-corrected chi connectivity index (χ2v) is 8.20. The molecule has 1 atom stereocenters. The van der Waals surface area contributed by atoms with Gasteiger partial charge in [-0.25, -0.2) is 8.42 Å². The van der Waals surface area contributed by atoms with Crippen LogP contribution in [0, 0.1) is 11.3 Å². The molecule has 9 heteroatoms. The smallest absolute Gasteiger partial charge is 0.207 e. The van der Waals surface area contributed by atoms with Gasteiger partial charge in [0.25, 0.3) is 0 Å². The topological polar surface area (TPSA) is 91.9 Å². The fourth-order valence-corrected chi connectivity index (χ4v) is 4.83. The molecule has 0 amide bonds. The zero-order valence-corrected chi connectivity index (χ0v) is 14.6. The van der Waals surface area contributed by atoms with Gasteiger partial charge >= 0.3 is 0 Å². The lowest BCUT2D eigenvalue weighted by Crippen LogP contribution is -2.37. The highest BCUT2D eigenvalue weighted by atomic mass is 35.5. The maximum absolute atomic E-state index is 11.8. The molecule has 1 unspecified atom stereocenters. The van der Waals surface area contributed by atoms with Crippen LogP contribution in [0.4, 0.5) is 5.82 Å². The van der Waals surface area contributed by atoms with Crippen LogP contribution in [-0.4, -0.2) is 47.5 Å². The van der Waals surface area contributed by atoms with E-state index in [1.165, 1.54) is 4.80 Å². The van der Waals surface area contributed by atoms with E-state index in [-0.39, 0.29) is 23.2 Å². The number of nitrogens with zero attached hydrogens (tertiary/aromatic N) is 5. The van der Waals surface area contributed by atoms with Crippen LogP contribution >= 0.6 is 11.6 Å². The Bertz CT molecular complexity index is 903. The van der Waals surface area contributed by atoms with Crippen molar-refractivity contribution in [2.24, 2.45) is 0 Å². The van der Waals surface area contributed by atoms with Gasteiger partial charge in [-0.3, -0.25) is 0 Å². The van der Waals surface area contributed by atoms with Crippen molar-refractivity contribution in [1.82, 2.24) is 15.0 Å². The van der Waals surface area contributed by atoms with Gasteiger partial charge in [-0.15, -0.1) is 15.0 Å². The maximum Gasteiger partial charge on any atom is 0.207 e. The van der Waals surface area contributed by atoms with E-state index in [0.29, 0.717) is 29.5 Å². The largest absolute Gasteiger partial charge is 0.349 e. The highest BCUT2D eigenvalue weighted by molar-refractivity contribution is 7.91. The van der Waals surface area contributed by atoms with E-state index in [4.69, 9.17) is 11.6 Å². The molecule has 7 nitrogen and oxygen atoms in total. The quantitative estimate of drug-likeness (QED) is 0.820. The van der Waals surface area contributed by atoms with Gasteiger partial charge in [0.15, 0.2) is 15.7 Å². The average molecular weight is 366 g/mol. The van der Waals surface area contributed by atoms with E-state index in [2.05, 4.69) is 10.2 Å². The first-order valence-electron chi connectivity index (χ1n) is 7.54. The number of nitriles is 1. The van der Waals surface area contributed by atoms with Gasteiger partial charge in [-0.05, 0) is 25.5 Å². The van der Waals surface area contributed by atoms with Crippen LogP contribution in [0.5, 0.6) is 0 Å². The van der Waals surface area contributed by atoms with Gasteiger partial charge in [-0.1, -0.05) is 23.7 Å². The molecule has 1 aromatic carbocycles. The molecule has 2 heterocycles. The van der Waals surface area contributed by atoms with Gasteiger partial charge in [0.1, 0.15) is 11.8 Å². The predicted octanol–water partition coefficient (Wildman–Crippen LogP) is 1.81. The normalized spacial score (nSPS) is 19.1. The minimum Gasteiger partial charge on any atom is -0.349 e. The summed E-state index contributed by atoms with van der Waals surface area (Å²) in [6.45, 7) is 2.44. The van der Waals surface area contributed by atoms with Gasteiger partial charge < -0.3 is 4.90 Å². The number of hydrogen-bond donors (Lipinski definition) is 0. The van der Waals surface area contributed by atoms with Gasteiger partial charge in [-0.2, -0.15) is 5.26 Å². The molecule has 1 fully saturated rings. The minimum absolute atomic E-state index is 0.0741. The Morgan fingerprint density at radius 3 is 2.75 bits per heavy atom. The lowest BCUT2D eigenvalue weighted by molar-refractivity contribution is 0.599. The summed E-state index contributed by atoms with van der Waals surface area (Å²) in [5.41, 5.74) is 0.720. The number of sulfone groups is 1. The standard InChI is InChI=1S/C15H16ClN5O2S/c1-2-20(11-7-8-24(22,23)10-11)15-13(9-17)18-21(19-15)14-6-4-3-5-12(14)16/h3-6,11H,2,7-8,10H2,1H3. The van der Waals surface area contributed by atoms with Crippen molar-refractivity contribution in [3.8, 4) is 11.8 Å². The third kappa shape index (κ3) is 3.09. The number of anilines is 1. The van der Waals surface area contributed by atoms with Crippen LogP contribution in [0.2, 0.25) is 5.02 Å². The molecule has 0 spiro atoms. The summed E-state index contributed by atoms with van der Waals surface area (Å²) < 4.78 is 23.5. The number of rotatable bonds is 4. The second kappa shape index (κ2) is 6.42. The van der Waals surface area contributed by atoms with Crippen molar-refractivity contribution in [1.29, 1.82) is 5.26 Å². The molecule has 1 aliphatic rings. The van der Waals surface area contributed by atoms with Crippen LogP contribution < -0.4 is 4.90 Å². The van der Waals surface area contributed by atoms with Crippen LogP contribution in [-0.2, 0) is 9.84 Å². The molecule has 0 aliphatic carbocycles.